The van der Waals surface area contributed by atoms with Crippen LogP contribution < -0.4 is 21.0 Å². The van der Waals surface area contributed by atoms with Gasteiger partial charge in [-0.25, -0.2) is 9.36 Å². The molecule has 0 aliphatic carbocycles. The number of hydrogen-bond donors (Lipinski definition) is 4. The van der Waals surface area contributed by atoms with Gasteiger partial charge in [0, 0.05) is 6.20 Å². The van der Waals surface area contributed by atoms with Crippen molar-refractivity contribution >= 4 is 19.5 Å². The van der Waals surface area contributed by atoms with E-state index >= 15 is 0 Å². The zero-order valence-electron chi connectivity index (χ0n) is 24.3. The molecule has 1 aliphatic heterocycles. The van der Waals surface area contributed by atoms with Crippen LogP contribution in [0.15, 0.2) is 35.3 Å². The fourth-order valence-electron chi connectivity index (χ4n) is 4.30. The Labute approximate surface area is 239 Å². The van der Waals surface area contributed by atoms with Gasteiger partial charge in [-0.15, -0.1) is 0 Å². The number of anilines is 1. The number of nitrogens with zero attached hydrogens (tertiary/aromatic N) is 2. The number of aryl methyl sites for hydroxylation is 1. The number of carbonyl (C=O) groups is 1. The van der Waals surface area contributed by atoms with Gasteiger partial charge < -0.3 is 29.9 Å². The summed E-state index contributed by atoms with van der Waals surface area (Å²) in [5, 5.41) is 24.5. The lowest BCUT2D eigenvalue weighted by atomic mass is 9.96. The zero-order valence-corrected chi connectivity index (χ0v) is 25.2. The summed E-state index contributed by atoms with van der Waals surface area (Å²) >= 11 is 0. The highest BCUT2D eigenvalue weighted by Crippen LogP contribution is 2.48. The third-order valence-corrected chi connectivity index (χ3v) is 8.35. The summed E-state index contributed by atoms with van der Waals surface area (Å²) in [6.07, 6.45) is -1.37. The summed E-state index contributed by atoms with van der Waals surface area (Å²) in [4.78, 5) is 28.6. The summed E-state index contributed by atoms with van der Waals surface area (Å²) in [6.45, 7) is 10.1. The average molecular weight is 597 g/mol. The molecule has 1 saturated heterocycles. The third kappa shape index (κ3) is 7.94. The first kappa shape index (κ1) is 32.7. The zero-order chi connectivity index (χ0) is 30.5. The number of nitrogens with one attached hydrogen (secondary N) is 1. The van der Waals surface area contributed by atoms with Crippen LogP contribution in [-0.2, 0) is 23.4 Å². The maximum absolute atomic E-state index is 14.1. The van der Waals surface area contributed by atoms with Crippen molar-refractivity contribution in [1.29, 1.82) is 0 Å². The van der Waals surface area contributed by atoms with E-state index < -0.39 is 56.1 Å². The van der Waals surface area contributed by atoms with Crippen LogP contribution in [0.5, 0.6) is 5.75 Å². The minimum atomic E-state index is -4.33. The molecular weight excluding hydrogens is 555 g/mol. The standard InChI is InChI=1S/C27H41N4O9P/c1-7-8-13-37-24(33)18(5)30-41(36,40-20-14-17(4)9-10-19(20)16(2)3)38-15-21-23(32)27(6,35)25(39-21)31-12-11-22(28)29-26(31)34/h9-12,14,16,18,21,23,25,32,35H,7-8,13,15H2,1-6H3,(H,30,36)(H2,28,29,34)/t18-,21+,23+,25?,27+,41?/m0/s1. The van der Waals surface area contributed by atoms with Gasteiger partial charge in [-0.3, -0.25) is 13.9 Å². The molecule has 0 radical (unpaired) electrons. The van der Waals surface area contributed by atoms with Crippen LogP contribution in [0.3, 0.4) is 0 Å². The second-order valence-electron chi connectivity index (χ2n) is 10.7. The molecule has 0 bridgehead atoms. The van der Waals surface area contributed by atoms with Gasteiger partial charge >= 0.3 is 19.4 Å². The Morgan fingerprint density at radius 1 is 1.32 bits per heavy atom. The topological polar surface area (TPSA) is 184 Å². The fourth-order valence-corrected chi connectivity index (χ4v) is 5.82. The van der Waals surface area contributed by atoms with Crippen LogP contribution in [0.25, 0.3) is 0 Å². The van der Waals surface area contributed by atoms with Gasteiger partial charge in [0.25, 0.3) is 0 Å². The second-order valence-corrected chi connectivity index (χ2v) is 12.4. The van der Waals surface area contributed by atoms with Crippen LogP contribution in [0.1, 0.15) is 70.7 Å². The number of carbonyl (C=O) groups excluding carboxylic acids is 1. The van der Waals surface area contributed by atoms with E-state index in [1.807, 2.05) is 39.8 Å². The normalized spacial score (nSPS) is 24.7. The molecule has 1 aromatic heterocycles. The fraction of sp³-hybridized carbons (Fsp3) is 0.593. The molecular formula is C27H41N4O9P. The molecule has 13 nitrogen and oxygen atoms in total. The van der Waals surface area contributed by atoms with Crippen LogP contribution >= 0.6 is 7.75 Å². The molecule has 41 heavy (non-hydrogen) atoms. The maximum atomic E-state index is 14.1. The predicted octanol–water partition coefficient (Wildman–Crippen LogP) is 2.79. The van der Waals surface area contributed by atoms with Crippen molar-refractivity contribution in [3.05, 3.63) is 52.1 Å². The molecule has 1 fully saturated rings. The first-order valence-corrected chi connectivity index (χ1v) is 15.1. The third-order valence-electron chi connectivity index (χ3n) is 6.72. The van der Waals surface area contributed by atoms with Gasteiger partial charge in [0.05, 0.1) is 13.2 Å². The van der Waals surface area contributed by atoms with Gasteiger partial charge in [0.2, 0.25) is 0 Å². The van der Waals surface area contributed by atoms with Gasteiger partial charge in [-0.2, -0.15) is 10.1 Å². The first-order valence-electron chi connectivity index (χ1n) is 13.6. The Bertz CT molecular complexity index is 1320. The van der Waals surface area contributed by atoms with Crippen molar-refractivity contribution in [2.75, 3.05) is 18.9 Å². The lowest BCUT2D eigenvalue weighted by Gasteiger charge is -2.27. The minimum absolute atomic E-state index is 0.0122. The van der Waals surface area contributed by atoms with E-state index in [4.69, 9.17) is 24.3 Å². The molecule has 2 heterocycles. The number of hydrogen-bond acceptors (Lipinski definition) is 11. The van der Waals surface area contributed by atoms with Gasteiger partial charge in [0.15, 0.2) is 6.23 Å². The van der Waals surface area contributed by atoms with Crippen LogP contribution in [-0.4, -0.2) is 62.8 Å². The summed E-state index contributed by atoms with van der Waals surface area (Å²) in [5.74, 6) is -0.361. The summed E-state index contributed by atoms with van der Waals surface area (Å²) < 4.78 is 37.9. The second kappa shape index (κ2) is 13.5. The molecule has 2 aromatic rings. The van der Waals surface area contributed by atoms with Crippen LogP contribution in [0.4, 0.5) is 5.82 Å². The van der Waals surface area contributed by atoms with Crippen molar-refractivity contribution < 1.29 is 38.1 Å². The molecule has 5 N–H and O–H groups in total. The lowest BCUT2D eigenvalue weighted by molar-refractivity contribution is -0.145. The SMILES string of the molecule is CCCCOC(=O)[C@H](C)NP(=O)(OC[C@H]1OC(n2ccc(N)nc2=O)[C@](C)(O)[C@@H]1O)Oc1cc(C)ccc1C(C)C. The molecule has 14 heteroatoms. The quantitative estimate of drug-likeness (QED) is 0.151. The van der Waals surface area contributed by atoms with E-state index in [-0.39, 0.29) is 18.3 Å². The van der Waals surface area contributed by atoms with Crippen LogP contribution in [0.2, 0.25) is 0 Å². The Hall–Kier alpha value is -2.80. The monoisotopic (exact) mass is 596 g/mol. The Morgan fingerprint density at radius 3 is 2.66 bits per heavy atom. The minimum Gasteiger partial charge on any atom is -0.465 e. The molecule has 0 amide bonds. The number of benzene rings is 1. The highest BCUT2D eigenvalue weighted by atomic mass is 31.2. The molecule has 1 aliphatic rings. The smallest absolute Gasteiger partial charge is 0.459 e. The summed E-state index contributed by atoms with van der Waals surface area (Å²) in [6, 6.07) is 5.73. The van der Waals surface area contributed by atoms with Gasteiger partial charge in [-0.1, -0.05) is 39.3 Å². The lowest BCUT2D eigenvalue weighted by Crippen LogP contribution is -2.46. The number of unbranched alkanes of at least 4 members (excludes halogenated alkanes) is 1. The van der Waals surface area contributed by atoms with E-state index in [2.05, 4.69) is 10.1 Å². The molecule has 1 aromatic carbocycles. The Balaban J connectivity index is 1.86. The Kier molecular flexibility index (Phi) is 10.7. The van der Waals surface area contributed by atoms with Gasteiger partial charge in [-0.05, 0) is 56.4 Å². The number of ether oxygens (including phenoxy) is 2. The van der Waals surface area contributed by atoms with Crippen molar-refractivity contribution in [2.24, 2.45) is 0 Å². The highest BCUT2D eigenvalue weighted by Gasteiger charge is 2.54. The summed E-state index contributed by atoms with van der Waals surface area (Å²) in [5.41, 5.74) is 4.42. The van der Waals surface area contributed by atoms with E-state index in [9.17, 15) is 24.4 Å². The number of nitrogens with two attached hydrogens (primary N) is 1. The molecule has 228 valence electrons. The Morgan fingerprint density at radius 2 is 2.02 bits per heavy atom. The van der Waals surface area contributed by atoms with E-state index in [0.29, 0.717) is 12.2 Å². The van der Waals surface area contributed by atoms with E-state index in [0.717, 1.165) is 22.1 Å². The number of aromatic nitrogens is 2. The van der Waals surface area contributed by atoms with Crippen molar-refractivity contribution in [2.45, 2.75) is 90.4 Å². The number of aliphatic hydroxyl groups is 2. The van der Waals surface area contributed by atoms with Crippen LogP contribution in [0, 0.1) is 6.92 Å². The molecule has 0 saturated carbocycles. The first-order chi connectivity index (χ1) is 19.2. The number of nitrogen functional groups attached to an aromatic ring is 1. The van der Waals surface area contributed by atoms with Crippen molar-refractivity contribution in [1.82, 2.24) is 14.6 Å². The molecule has 2 unspecified atom stereocenters. The molecule has 6 atom stereocenters. The van der Waals surface area contributed by atoms with Gasteiger partial charge in [0.1, 0.15) is 35.4 Å². The van der Waals surface area contributed by atoms with Crippen molar-refractivity contribution in [3.63, 3.8) is 0 Å². The predicted molar refractivity (Wildman–Crippen MR) is 151 cm³/mol. The number of esters is 1. The maximum Gasteiger partial charge on any atom is 0.459 e. The largest absolute Gasteiger partial charge is 0.465 e. The van der Waals surface area contributed by atoms with Crippen molar-refractivity contribution in [3.8, 4) is 5.75 Å². The number of aliphatic hydroxyl groups excluding tert-OH is 1. The van der Waals surface area contributed by atoms with E-state index in [1.54, 1.807) is 6.07 Å². The molecule has 3 rings (SSSR count). The average Bonchev–Trinajstić information content (AvgIpc) is 3.10. The molecule has 0 spiro atoms. The highest BCUT2D eigenvalue weighted by molar-refractivity contribution is 7.52. The number of rotatable bonds is 13. The summed E-state index contributed by atoms with van der Waals surface area (Å²) in [7, 11) is -4.33. The van der Waals surface area contributed by atoms with E-state index in [1.165, 1.54) is 26.1 Å².